The van der Waals surface area contributed by atoms with Crippen LogP contribution in [0.2, 0.25) is 0 Å². The van der Waals surface area contributed by atoms with Crippen molar-refractivity contribution in [2.24, 2.45) is 5.73 Å². The predicted octanol–water partition coefficient (Wildman–Crippen LogP) is 1.14. The molecule has 1 fully saturated rings. The summed E-state index contributed by atoms with van der Waals surface area (Å²) in [7, 11) is 0. The molecule has 0 aliphatic carbocycles. The molecule has 11 nitrogen and oxygen atoms in total. The largest absolute Gasteiger partial charge is 0.444 e. The molecule has 1 saturated heterocycles. The monoisotopic (exact) mass is 411 g/mol. The SMILES string of the molecule is CCn1cc(NC(=O)c2coc(-c3ccnc(N4CCOCC4)c3)n2)c(C(N)=O)n1. The van der Waals surface area contributed by atoms with Crippen molar-refractivity contribution < 1.29 is 18.7 Å². The lowest BCUT2D eigenvalue weighted by Gasteiger charge is -2.27. The fourth-order valence-corrected chi connectivity index (χ4v) is 3.07. The molecule has 3 aromatic heterocycles. The highest BCUT2D eigenvalue weighted by atomic mass is 16.5. The van der Waals surface area contributed by atoms with Crippen molar-refractivity contribution in [2.75, 3.05) is 36.5 Å². The van der Waals surface area contributed by atoms with E-state index in [0.717, 1.165) is 18.9 Å². The van der Waals surface area contributed by atoms with Gasteiger partial charge in [-0.05, 0) is 19.1 Å². The van der Waals surface area contributed by atoms with Gasteiger partial charge in [-0.1, -0.05) is 0 Å². The zero-order chi connectivity index (χ0) is 21.1. The molecule has 30 heavy (non-hydrogen) atoms. The fourth-order valence-electron chi connectivity index (χ4n) is 3.07. The zero-order valence-corrected chi connectivity index (χ0v) is 16.4. The van der Waals surface area contributed by atoms with Crippen molar-refractivity contribution in [3.05, 3.63) is 42.2 Å². The van der Waals surface area contributed by atoms with E-state index in [4.69, 9.17) is 14.9 Å². The maximum absolute atomic E-state index is 12.6. The van der Waals surface area contributed by atoms with Crippen LogP contribution in [-0.4, -0.2) is 57.9 Å². The molecule has 156 valence electrons. The van der Waals surface area contributed by atoms with Crippen LogP contribution in [0.4, 0.5) is 11.5 Å². The van der Waals surface area contributed by atoms with E-state index in [2.05, 4.69) is 25.3 Å². The lowest BCUT2D eigenvalue weighted by Crippen LogP contribution is -2.36. The van der Waals surface area contributed by atoms with Crippen molar-refractivity contribution in [3.63, 3.8) is 0 Å². The minimum absolute atomic E-state index is 0.0156. The maximum Gasteiger partial charge on any atom is 0.277 e. The van der Waals surface area contributed by atoms with Crippen molar-refractivity contribution >= 4 is 23.3 Å². The molecule has 1 aliphatic heterocycles. The number of rotatable bonds is 6. The van der Waals surface area contributed by atoms with Crippen molar-refractivity contribution in [2.45, 2.75) is 13.5 Å². The second-order valence-electron chi connectivity index (χ2n) is 6.61. The molecule has 0 spiro atoms. The first-order valence-electron chi connectivity index (χ1n) is 9.48. The van der Waals surface area contributed by atoms with Crippen LogP contribution in [-0.2, 0) is 11.3 Å². The molecular formula is C19H21N7O4. The Hall–Kier alpha value is -3.73. The van der Waals surface area contributed by atoms with E-state index in [1.165, 1.54) is 17.1 Å². The Balaban J connectivity index is 1.52. The van der Waals surface area contributed by atoms with Crippen LogP contribution < -0.4 is 16.0 Å². The highest BCUT2D eigenvalue weighted by Gasteiger charge is 2.20. The van der Waals surface area contributed by atoms with Crippen LogP contribution >= 0.6 is 0 Å². The number of oxazole rings is 1. The number of nitrogens with zero attached hydrogens (tertiary/aromatic N) is 5. The quantitative estimate of drug-likeness (QED) is 0.615. The molecule has 0 aromatic carbocycles. The van der Waals surface area contributed by atoms with E-state index in [1.807, 2.05) is 13.0 Å². The molecule has 2 amide bonds. The number of morpholine rings is 1. The number of aryl methyl sites for hydroxylation is 1. The van der Waals surface area contributed by atoms with Crippen LogP contribution in [0.1, 0.15) is 27.9 Å². The second kappa shape index (κ2) is 8.33. The zero-order valence-electron chi connectivity index (χ0n) is 16.4. The number of aromatic nitrogens is 4. The summed E-state index contributed by atoms with van der Waals surface area (Å²) in [6, 6.07) is 3.61. The van der Waals surface area contributed by atoms with Crippen LogP contribution in [0.5, 0.6) is 0 Å². The number of nitrogens with two attached hydrogens (primary N) is 1. The van der Waals surface area contributed by atoms with Crippen molar-refractivity contribution in [1.82, 2.24) is 19.7 Å². The molecule has 3 aromatic rings. The molecule has 1 aliphatic rings. The summed E-state index contributed by atoms with van der Waals surface area (Å²) in [6.07, 6.45) is 4.46. The Morgan fingerprint density at radius 1 is 1.30 bits per heavy atom. The second-order valence-corrected chi connectivity index (χ2v) is 6.61. The highest BCUT2D eigenvalue weighted by Crippen LogP contribution is 2.23. The summed E-state index contributed by atoms with van der Waals surface area (Å²) < 4.78 is 12.4. The minimum atomic E-state index is -0.731. The summed E-state index contributed by atoms with van der Waals surface area (Å²) >= 11 is 0. The van der Waals surface area contributed by atoms with Gasteiger partial charge >= 0.3 is 0 Å². The number of hydrogen-bond donors (Lipinski definition) is 2. The minimum Gasteiger partial charge on any atom is -0.444 e. The number of primary amides is 1. The van der Waals surface area contributed by atoms with Gasteiger partial charge in [0.15, 0.2) is 11.4 Å². The Labute approximate surface area is 171 Å². The fraction of sp³-hybridized carbons (Fsp3) is 0.316. The Bertz CT molecular complexity index is 1070. The average Bonchev–Trinajstić information content (AvgIpc) is 3.42. The summed E-state index contributed by atoms with van der Waals surface area (Å²) in [5, 5.41) is 6.66. The topological polar surface area (TPSA) is 141 Å². The van der Waals surface area contributed by atoms with Gasteiger partial charge < -0.3 is 25.1 Å². The van der Waals surface area contributed by atoms with E-state index < -0.39 is 11.8 Å². The van der Waals surface area contributed by atoms with E-state index in [0.29, 0.717) is 25.3 Å². The van der Waals surface area contributed by atoms with Gasteiger partial charge in [0.25, 0.3) is 11.8 Å². The Kier molecular flexibility index (Phi) is 5.44. The Morgan fingerprint density at radius 2 is 2.10 bits per heavy atom. The van der Waals surface area contributed by atoms with Gasteiger partial charge in [0.05, 0.1) is 18.9 Å². The lowest BCUT2D eigenvalue weighted by atomic mass is 10.2. The van der Waals surface area contributed by atoms with E-state index in [9.17, 15) is 9.59 Å². The molecule has 3 N–H and O–H groups in total. The van der Waals surface area contributed by atoms with E-state index in [-0.39, 0.29) is 23.0 Å². The van der Waals surface area contributed by atoms with Crippen LogP contribution in [0, 0.1) is 0 Å². The molecular weight excluding hydrogens is 390 g/mol. The van der Waals surface area contributed by atoms with Gasteiger partial charge in [-0.3, -0.25) is 14.3 Å². The smallest absolute Gasteiger partial charge is 0.277 e. The number of nitrogens with one attached hydrogen (secondary N) is 1. The van der Waals surface area contributed by atoms with Gasteiger partial charge in [0, 0.05) is 37.6 Å². The highest BCUT2D eigenvalue weighted by molar-refractivity contribution is 6.07. The molecule has 0 atom stereocenters. The molecule has 0 radical (unpaired) electrons. The van der Waals surface area contributed by atoms with Crippen molar-refractivity contribution in [3.8, 4) is 11.5 Å². The summed E-state index contributed by atoms with van der Waals surface area (Å²) in [6.45, 7) is 5.19. The van der Waals surface area contributed by atoms with Gasteiger partial charge in [-0.15, -0.1) is 0 Å². The number of hydrogen-bond acceptors (Lipinski definition) is 8. The molecule has 4 rings (SSSR count). The third kappa shape index (κ3) is 4.01. The first kappa shape index (κ1) is 19.6. The van der Waals surface area contributed by atoms with Crippen LogP contribution in [0.3, 0.4) is 0 Å². The first-order chi connectivity index (χ1) is 14.5. The normalized spacial score (nSPS) is 14.0. The first-order valence-corrected chi connectivity index (χ1v) is 9.48. The number of carbonyl (C=O) groups is 2. The molecule has 0 saturated carbocycles. The summed E-state index contributed by atoms with van der Waals surface area (Å²) in [5.41, 5.74) is 6.30. The third-order valence-corrected chi connectivity index (χ3v) is 4.63. The van der Waals surface area contributed by atoms with Gasteiger partial charge in [-0.2, -0.15) is 5.10 Å². The standard InChI is InChI=1S/C19H21N7O4/c1-2-26-10-13(16(24-26)17(20)27)22-18(28)14-11-30-19(23-14)12-3-4-21-15(9-12)25-5-7-29-8-6-25/h3-4,9-11H,2,5-8H2,1H3,(H2,20,27)(H,22,28). The van der Waals surface area contributed by atoms with Crippen LogP contribution in [0.25, 0.3) is 11.5 Å². The lowest BCUT2D eigenvalue weighted by molar-refractivity contribution is 0.0995. The number of amides is 2. The van der Waals surface area contributed by atoms with Gasteiger partial charge in [-0.25, -0.2) is 9.97 Å². The average molecular weight is 411 g/mol. The number of anilines is 2. The Morgan fingerprint density at radius 3 is 2.83 bits per heavy atom. The number of ether oxygens (including phenoxy) is 1. The number of carbonyl (C=O) groups excluding carboxylic acids is 2. The van der Waals surface area contributed by atoms with E-state index >= 15 is 0 Å². The molecule has 11 heteroatoms. The molecule has 0 unspecified atom stereocenters. The summed E-state index contributed by atoms with van der Waals surface area (Å²) in [5.74, 6) is -0.189. The number of pyridine rings is 1. The van der Waals surface area contributed by atoms with Gasteiger partial charge in [0.2, 0.25) is 5.89 Å². The van der Waals surface area contributed by atoms with Crippen LogP contribution in [0.15, 0.2) is 35.2 Å². The molecule has 4 heterocycles. The predicted molar refractivity (Wildman–Crippen MR) is 107 cm³/mol. The molecule has 0 bridgehead atoms. The maximum atomic E-state index is 12.6. The van der Waals surface area contributed by atoms with Gasteiger partial charge in [0.1, 0.15) is 12.1 Å². The van der Waals surface area contributed by atoms with Crippen molar-refractivity contribution in [1.29, 1.82) is 0 Å². The van der Waals surface area contributed by atoms with E-state index in [1.54, 1.807) is 12.3 Å². The summed E-state index contributed by atoms with van der Waals surface area (Å²) in [4.78, 5) is 34.9. The third-order valence-electron chi connectivity index (χ3n) is 4.63.